The molecule has 154 valence electrons. The highest BCUT2D eigenvalue weighted by molar-refractivity contribution is 5.93. The van der Waals surface area contributed by atoms with Crippen molar-refractivity contribution in [2.75, 3.05) is 23.9 Å². The van der Waals surface area contributed by atoms with E-state index in [2.05, 4.69) is 17.4 Å². The van der Waals surface area contributed by atoms with Gasteiger partial charge in [-0.15, -0.1) is 0 Å². The van der Waals surface area contributed by atoms with E-state index in [9.17, 15) is 14.4 Å². The van der Waals surface area contributed by atoms with Gasteiger partial charge in [0.25, 0.3) is 0 Å². The molecule has 0 aliphatic rings. The molecule has 0 unspecified atom stereocenters. The average Bonchev–Trinajstić information content (AvgIpc) is 2.72. The Balaban J connectivity index is 1.60. The largest absolute Gasteiger partial charge is 0.466 e. The van der Waals surface area contributed by atoms with E-state index >= 15 is 0 Å². The highest BCUT2D eigenvalue weighted by atomic mass is 16.5. The quantitative estimate of drug-likeness (QED) is 0.487. The van der Waals surface area contributed by atoms with Crippen molar-refractivity contribution in [1.82, 2.24) is 0 Å². The number of benzene rings is 2. The zero-order valence-corrected chi connectivity index (χ0v) is 17.0. The van der Waals surface area contributed by atoms with Crippen molar-refractivity contribution in [1.29, 1.82) is 0 Å². The number of anilines is 2. The monoisotopic (exact) mass is 396 g/mol. The van der Waals surface area contributed by atoms with Crippen LogP contribution in [0.25, 0.3) is 0 Å². The lowest BCUT2D eigenvalue weighted by Crippen LogP contribution is -2.22. The highest BCUT2D eigenvalue weighted by Gasteiger charge is 2.08. The molecule has 0 radical (unpaired) electrons. The van der Waals surface area contributed by atoms with E-state index in [1.165, 1.54) is 17.4 Å². The lowest BCUT2D eigenvalue weighted by Gasteiger charge is -2.15. The summed E-state index contributed by atoms with van der Waals surface area (Å²) in [6.07, 6.45) is 2.56. The summed E-state index contributed by atoms with van der Waals surface area (Å²) in [4.78, 5) is 36.6. The fourth-order valence-electron chi connectivity index (χ4n) is 2.75. The predicted octanol–water partition coefficient (Wildman–Crippen LogP) is 3.95. The summed E-state index contributed by atoms with van der Waals surface area (Å²) >= 11 is 0. The van der Waals surface area contributed by atoms with E-state index in [1.807, 2.05) is 18.2 Å². The lowest BCUT2D eigenvalue weighted by atomic mass is 10.1. The number of carbonyl (C=O) groups excluding carboxylic acids is 3. The molecule has 0 spiro atoms. The molecule has 6 heteroatoms. The van der Waals surface area contributed by atoms with Crippen LogP contribution in [0.3, 0.4) is 0 Å². The van der Waals surface area contributed by atoms with Gasteiger partial charge in [0, 0.05) is 38.2 Å². The van der Waals surface area contributed by atoms with Crippen LogP contribution in [0.5, 0.6) is 0 Å². The van der Waals surface area contributed by atoms with Gasteiger partial charge in [-0.2, -0.15) is 0 Å². The van der Waals surface area contributed by atoms with E-state index in [1.54, 1.807) is 31.3 Å². The second-order valence-corrected chi connectivity index (χ2v) is 6.84. The third kappa shape index (κ3) is 8.17. The minimum absolute atomic E-state index is 0.0614. The number of ether oxygens (including phenoxy) is 1. The Morgan fingerprint density at radius 1 is 0.931 bits per heavy atom. The molecule has 0 fully saturated rings. The van der Waals surface area contributed by atoms with Gasteiger partial charge in [-0.3, -0.25) is 14.4 Å². The first kappa shape index (κ1) is 22.1. The Bertz CT molecular complexity index is 803. The van der Waals surface area contributed by atoms with Crippen LogP contribution in [0, 0.1) is 0 Å². The maximum absolute atomic E-state index is 12.0. The minimum Gasteiger partial charge on any atom is -0.466 e. The summed E-state index contributed by atoms with van der Waals surface area (Å²) in [5.74, 6) is -0.495. The van der Waals surface area contributed by atoms with Gasteiger partial charge in [0.15, 0.2) is 0 Å². The zero-order chi connectivity index (χ0) is 21.1. The number of nitrogens with zero attached hydrogens (tertiary/aromatic N) is 1. The summed E-state index contributed by atoms with van der Waals surface area (Å²) in [7, 11) is 1.69. The number of rotatable bonds is 10. The van der Waals surface area contributed by atoms with Crippen LogP contribution in [0.2, 0.25) is 0 Å². The number of aryl methyl sites for hydroxylation is 1. The molecule has 0 aromatic heterocycles. The number of nitrogens with one attached hydrogen (secondary N) is 1. The van der Waals surface area contributed by atoms with Crippen molar-refractivity contribution in [3.05, 3.63) is 60.2 Å². The molecule has 0 bridgehead atoms. The number of hydrogen-bond donors (Lipinski definition) is 1. The van der Waals surface area contributed by atoms with Crippen LogP contribution >= 0.6 is 0 Å². The normalized spacial score (nSPS) is 10.3. The van der Waals surface area contributed by atoms with E-state index in [0.717, 1.165) is 18.5 Å². The fraction of sp³-hybridized carbons (Fsp3) is 0.348. The van der Waals surface area contributed by atoms with Crippen LogP contribution < -0.4 is 10.2 Å². The van der Waals surface area contributed by atoms with Gasteiger partial charge >= 0.3 is 5.97 Å². The van der Waals surface area contributed by atoms with Crippen molar-refractivity contribution in [2.24, 2.45) is 0 Å². The summed E-state index contributed by atoms with van der Waals surface area (Å²) in [6.45, 7) is 1.88. The number of esters is 1. The second-order valence-electron chi connectivity index (χ2n) is 6.84. The Labute approximate surface area is 171 Å². The summed E-state index contributed by atoms with van der Waals surface area (Å²) in [5, 5.41) is 2.79. The first-order chi connectivity index (χ1) is 14.0. The average molecular weight is 396 g/mol. The smallest absolute Gasteiger partial charge is 0.305 e. The lowest BCUT2D eigenvalue weighted by molar-refractivity contribution is -0.143. The predicted molar refractivity (Wildman–Crippen MR) is 114 cm³/mol. The summed E-state index contributed by atoms with van der Waals surface area (Å²) in [6, 6.07) is 17.1. The van der Waals surface area contributed by atoms with Gasteiger partial charge in [-0.05, 0) is 49.1 Å². The van der Waals surface area contributed by atoms with Crippen molar-refractivity contribution < 1.29 is 19.1 Å². The maximum Gasteiger partial charge on any atom is 0.305 e. The molecule has 29 heavy (non-hydrogen) atoms. The molecule has 2 aromatic carbocycles. The van der Waals surface area contributed by atoms with Crippen LogP contribution in [0.4, 0.5) is 11.4 Å². The Morgan fingerprint density at radius 3 is 2.28 bits per heavy atom. The van der Waals surface area contributed by atoms with Gasteiger partial charge < -0.3 is 15.0 Å². The molecule has 1 N–H and O–H groups in total. The summed E-state index contributed by atoms with van der Waals surface area (Å²) in [5.41, 5.74) is 2.63. The first-order valence-corrected chi connectivity index (χ1v) is 9.79. The van der Waals surface area contributed by atoms with E-state index in [0.29, 0.717) is 18.7 Å². The Hall–Kier alpha value is -3.15. The van der Waals surface area contributed by atoms with E-state index in [-0.39, 0.29) is 30.6 Å². The number of carbonyl (C=O) groups is 3. The van der Waals surface area contributed by atoms with Gasteiger partial charge in [0.05, 0.1) is 6.61 Å². The van der Waals surface area contributed by atoms with Crippen molar-refractivity contribution in [3.8, 4) is 0 Å². The van der Waals surface area contributed by atoms with E-state index in [4.69, 9.17) is 4.74 Å². The number of hydrogen-bond acceptors (Lipinski definition) is 4. The molecule has 0 aliphatic carbocycles. The minimum atomic E-state index is -0.275. The van der Waals surface area contributed by atoms with Crippen LogP contribution in [0.15, 0.2) is 54.6 Å². The molecule has 0 heterocycles. The molecule has 2 rings (SSSR count). The first-order valence-electron chi connectivity index (χ1n) is 9.79. The zero-order valence-electron chi connectivity index (χ0n) is 17.0. The Kier molecular flexibility index (Phi) is 8.89. The third-order valence-corrected chi connectivity index (χ3v) is 4.51. The van der Waals surface area contributed by atoms with Crippen LogP contribution in [-0.4, -0.2) is 31.4 Å². The van der Waals surface area contributed by atoms with E-state index < -0.39 is 0 Å². The van der Waals surface area contributed by atoms with Gasteiger partial charge in [0.2, 0.25) is 11.8 Å². The molecule has 0 saturated heterocycles. The summed E-state index contributed by atoms with van der Waals surface area (Å²) < 4.78 is 5.22. The molecule has 2 aromatic rings. The third-order valence-electron chi connectivity index (χ3n) is 4.51. The van der Waals surface area contributed by atoms with Crippen LogP contribution in [0.1, 0.15) is 38.2 Å². The molecule has 2 amide bonds. The fourth-order valence-corrected chi connectivity index (χ4v) is 2.75. The van der Waals surface area contributed by atoms with Crippen molar-refractivity contribution in [2.45, 2.75) is 39.0 Å². The van der Waals surface area contributed by atoms with Crippen LogP contribution in [-0.2, 0) is 25.5 Å². The second kappa shape index (κ2) is 11.6. The van der Waals surface area contributed by atoms with Gasteiger partial charge in [0.1, 0.15) is 0 Å². The standard InChI is InChI=1S/C23H28N2O4/c1-18(26)25(2)21-15-13-20(14-16-21)24-22(27)11-6-12-23(28)29-17-7-10-19-8-4-3-5-9-19/h3-5,8-9,13-16H,6-7,10-12,17H2,1-2H3,(H,24,27). The highest BCUT2D eigenvalue weighted by Crippen LogP contribution is 2.17. The molecule has 0 aliphatic heterocycles. The topological polar surface area (TPSA) is 75.7 Å². The van der Waals surface area contributed by atoms with Crippen molar-refractivity contribution >= 4 is 29.2 Å². The Morgan fingerprint density at radius 2 is 1.62 bits per heavy atom. The molecule has 0 atom stereocenters. The number of amides is 2. The SMILES string of the molecule is CC(=O)N(C)c1ccc(NC(=O)CCCC(=O)OCCCc2ccccc2)cc1. The molecule has 0 saturated carbocycles. The van der Waals surface area contributed by atoms with Gasteiger partial charge in [-0.25, -0.2) is 0 Å². The molecular formula is C23H28N2O4. The van der Waals surface area contributed by atoms with Gasteiger partial charge in [-0.1, -0.05) is 30.3 Å². The molecule has 6 nitrogen and oxygen atoms in total. The maximum atomic E-state index is 12.0. The molecular weight excluding hydrogens is 368 g/mol. The van der Waals surface area contributed by atoms with Crippen molar-refractivity contribution in [3.63, 3.8) is 0 Å².